The first kappa shape index (κ1) is 15.9. The van der Waals surface area contributed by atoms with E-state index >= 15 is 0 Å². The number of methoxy groups -OCH3 is 1. The van der Waals surface area contributed by atoms with Crippen molar-refractivity contribution in [2.45, 2.75) is 19.8 Å². The van der Waals surface area contributed by atoms with Gasteiger partial charge < -0.3 is 14.2 Å². The molecule has 0 unspecified atom stereocenters. The van der Waals surface area contributed by atoms with Gasteiger partial charge >= 0.3 is 5.97 Å². The van der Waals surface area contributed by atoms with Crippen molar-refractivity contribution in [2.75, 3.05) is 13.7 Å². The maximum Gasteiger partial charge on any atom is 0.311 e. The van der Waals surface area contributed by atoms with Crippen molar-refractivity contribution < 1.29 is 19.0 Å². The highest BCUT2D eigenvalue weighted by atomic mass is 16.5. The maximum atomic E-state index is 11.8. The first-order chi connectivity index (χ1) is 10.7. The molecule has 0 aliphatic rings. The molecule has 116 valence electrons. The van der Waals surface area contributed by atoms with Gasteiger partial charge in [0, 0.05) is 6.42 Å². The van der Waals surface area contributed by atoms with Gasteiger partial charge in [0.05, 0.1) is 13.7 Å². The van der Waals surface area contributed by atoms with Gasteiger partial charge in [-0.25, -0.2) is 0 Å². The molecule has 0 spiro atoms. The highest BCUT2D eigenvalue weighted by Crippen LogP contribution is 2.28. The van der Waals surface area contributed by atoms with Crippen LogP contribution >= 0.6 is 0 Å². The van der Waals surface area contributed by atoms with Crippen molar-refractivity contribution in [1.82, 2.24) is 0 Å². The molecule has 2 rings (SSSR count). The average Bonchev–Trinajstić information content (AvgIpc) is 2.55. The van der Waals surface area contributed by atoms with E-state index in [0.717, 1.165) is 5.56 Å². The Morgan fingerprint density at radius 2 is 1.82 bits per heavy atom. The zero-order valence-corrected chi connectivity index (χ0v) is 12.9. The van der Waals surface area contributed by atoms with E-state index in [1.807, 2.05) is 43.3 Å². The molecule has 2 aromatic carbocycles. The Bertz CT molecular complexity index is 608. The van der Waals surface area contributed by atoms with E-state index in [-0.39, 0.29) is 5.97 Å². The van der Waals surface area contributed by atoms with Gasteiger partial charge in [0.15, 0.2) is 11.5 Å². The van der Waals surface area contributed by atoms with Crippen LogP contribution in [0.15, 0.2) is 48.5 Å². The van der Waals surface area contributed by atoms with Crippen LogP contribution in [0.3, 0.4) is 0 Å². The predicted molar refractivity (Wildman–Crippen MR) is 84.6 cm³/mol. The lowest BCUT2D eigenvalue weighted by atomic mass is 10.1. The van der Waals surface area contributed by atoms with E-state index in [0.29, 0.717) is 36.7 Å². The smallest absolute Gasteiger partial charge is 0.311 e. The van der Waals surface area contributed by atoms with E-state index in [4.69, 9.17) is 14.2 Å². The first-order valence-corrected chi connectivity index (χ1v) is 7.28. The zero-order chi connectivity index (χ0) is 15.8. The molecule has 0 aromatic heterocycles. The molecule has 0 N–H and O–H groups in total. The Hall–Kier alpha value is -2.49. The minimum absolute atomic E-state index is 0.251. The van der Waals surface area contributed by atoms with Crippen LogP contribution in [0, 0.1) is 0 Å². The summed E-state index contributed by atoms with van der Waals surface area (Å²) >= 11 is 0. The number of benzene rings is 2. The second kappa shape index (κ2) is 8.08. The van der Waals surface area contributed by atoms with Crippen molar-refractivity contribution in [3.8, 4) is 17.2 Å². The van der Waals surface area contributed by atoms with Gasteiger partial charge in [-0.3, -0.25) is 4.79 Å². The molecular weight excluding hydrogens is 280 g/mol. The van der Waals surface area contributed by atoms with Crippen LogP contribution in [-0.4, -0.2) is 19.7 Å². The number of hydrogen-bond acceptors (Lipinski definition) is 4. The fraction of sp³-hybridized carbons (Fsp3) is 0.278. The molecular formula is C18H20O4. The molecule has 0 aliphatic carbocycles. The topological polar surface area (TPSA) is 44.8 Å². The summed E-state index contributed by atoms with van der Waals surface area (Å²) in [6.07, 6.45) is 0.903. The number of ether oxygens (including phenoxy) is 3. The lowest BCUT2D eigenvalue weighted by molar-refractivity contribution is -0.134. The van der Waals surface area contributed by atoms with E-state index < -0.39 is 0 Å². The Kier molecular flexibility index (Phi) is 5.83. The molecule has 0 amide bonds. The van der Waals surface area contributed by atoms with Gasteiger partial charge in [-0.05, 0) is 43.2 Å². The third kappa shape index (κ3) is 4.52. The van der Waals surface area contributed by atoms with Gasteiger partial charge in [0.2, 0.25) is 0 Å². The minimum Gasteiger partial charge on any atom is -0.493 e. The standard InChI is InChI=1S/C18H20O4/c1-3-21-16-11-9-14(13-17(16)20-2)10-12-18(19)22-15-7-5-4-6-8-15/h4-9,11,13H,3,10,12H2,1-2H3. The number of carbonyl (C=O) groups excluding carboxylic acids is 1. The van der Waals surface area contributed by atoms with Gasteiger partial charge in [0.25, 0.3) is 0 Å². The zero-order valence-electron chi connectivity index (χ0n) is 12.9. The number of hydrogen-bond donors (Lipinski definition) is 0. The summed E-state index contributed by atoms with van der Waals surface area (Å²) in [5, 5.41) is 0. The molecule has 0 radical (unpaired) electrons. The fourth-order valence-corrected chi connectivity index (χ4v) is 2.06. The molecule has 0 aliphatic heterocycles. The molecule has 0 saturated carbocycles. The van der Waals surface area contributed by atoms with Gasteiger partial charge in [-0.1, -0.05) is 24.3 Å². The van der Waals surface area contributed by atoms with Crippen LogP contribution in [0.25, 0.3) is 0 Å². The Morgan fingerprint density at radius 1 is 1.05 bits per heavy atom. The molecule has 0 bridgehead atoms. The summed E-state index contributed by atoms with van der Waals surface area (Å²) in [6.45, 7) is 2.51. The van der Waals surface area contributed by atoms with Crippen molar-refractivity contribution in [3.63, 3.8) is 0 Å². The SMILES string of the molecule is CCOc1ccc(CCC(=O)Oc2ccccc2)cc1OC. The van der Waals surface area contributed by atoms with Gasteiger partial charge in [-0.2, -0.15) is 0 Å². The number of rotatable bonds is 7. The Morgan fingerprint density at radius 3 is 2.50 bits per heavy atom. The van der Waals surface area contributed by atoms with Crippen molar-refractivity contribution in [2.24, 2.45) is 0 Å². The van der Waals surface area contributed by atoms with Crippen molar-refractivity contribution >= 4 is 5.97 Å². The molecule has 4 heteroatoms. The van der Waals surface area contributed by atoms with Gasteiger partial charge in [0.1, 0.15) is 5.75 Å². The first-order valence-electron chi connectivity index (χ1n) is 7.28. The summed E-state index contributed by atoms with van der Waals surface area (Å²) in [4.78, 5) is 11.8. The monoisotopic (exact) mass is 300 g/mol. The molecule has 0 atom stereocenters. The molecule has 22 heavy (non-hydrogen) atoms. The molecule has 0 fully saturated rings. The Labute approximate surface area is 130 Å². The van der Waals surface area contributed by atoms with Crippen molar-refractivity contribution in [3.05, 3.63) is 54.1 Å². The second-order valence-electron chi connectivity index (χ2n) is 4.71. The summed E-state index contributed by atoms with van der Waals surface area (Å²) in [5.41, 5.74) is 1.00. The maximum absolute atomic E-state index is 11.8. The number of esters is 1. The summed E-state index contributed by atoms with van der Waals surface area (Å²) in [5.74, 6) is 1.70. The predicted octanol–water partition coefficient (Wildman–Crippen LogP) is 3.63. The summed E-state index contributed by atoms with van der Waals surface area (Å²) < 4.78 is 16.0. The highest BCUT2D eigenvalue weighted by Gasteiger charge is 2.08. The number of para-hydroxylation sites is 1. The number of aryl methyl sites for hydroxylation is 1. The van der Waals surface area contributed by atoms with Crippen LogP contribution in [0.1, 0.15) is 18.9 Å². The lowest BCUT2D eigenvalue weighted by Crippen LogP contribution is -2.09. The summed E-state index contributed by atoms with van der Waals surface area (Å²) in [6, 6.07) is 14.8. The van der Waals surface area contributed by atoms with E-state index in [1.165, 1.54) is 0 Å². The molecule has 4 nitrogen and oxygen atoms in total. The van der Waals surface area contributed by atoms with E-state index in [1.54, 1.807) is 19.2 Å². The third-order valence-electron chi connectivity index (χ3n) is 3.12. The van der Waals surface area contributed by atoms with Crippen LogP contribution < -0.4 is 14.2 Å². The van der Waals surface area contributed by atoms with E-state index in [2.05, 4.69) is 0 Å². The largest absolute Gasteiger partial charge is 0.493 e. The quantitative estimate of drug-likeness (QED) is 0.578. The molecule has 2 aromatic rings. The minimum atomic E-state index is -0.251. The van der Waals surface area contributed by atoms with Crippen LogP contribution in [0.2, 0.25) is 0 Å². The molecule has 0 heterocycles. The third-order valence-corrected chi connectivity index (χ3v) is 3.12. The van der Waals surface area contributed by atoms with Crippen LogP contribution in [0.4, 0.5) is 0 Å². The van der Waals surface area contributed by atoms with Gasteiger partial charge in [-0.15, -0.1) is 0 Å². The highest BCUT2D eigenvalue weighted by molar-refractivity contribution is 5.72. The Balaban J connectivity index is 1.92. The summed E-state index contributed by atoms with van der Waals surface area (Å²) in [7, 11) is 1.60. The fourth-order valence-electron chi connectivity index (χ4n) is 2.06. The lowest BCUT2D eigenvalue weighted by Gasteiger charge is -2.11. The second-order valence-corrected chi connectivity index (χ2v) is 4.71. The average molecular weight is 300 g/mol. The van der Waals surface area contributed by atoms with Crippen LogP contribution in [0.5, 0.6) is 17.2 Å². The van der Waals surface area contributed by atoms with Crippen LogP contribution in [-0.2, 0) is 11.2 Å². The van der Waals surface area contributed by atoms with E-state index in [9.17, 15) is 4.79 Å². The normalized spacial score (nSPS) is 10.1. The number of carbonyl (C=O) groups is 1. The molecule has 0 saturated heterocycles. The van der Waals surface area contributed by atoms with Crippen molar-refractivity contribution in [1.29, 1.82) is 0 Å².